The molecule has 0 aliphatic carbocycles. The van der Waals surface area contributed by atoms with Crippen LogP contribution in [0.4, 0.5) is 0 Å². The summed E-state index contributed by atoms with van der Waals surface area (Å²) in [6.07, 6.45) is 0.607. The summed E-state index contributed by atoms with van der Waals surface area (Å²) in [6.45, 7) is 8.87. The highest BCUT2D eigenvalue weighted by Crippen LogP contribution is 2.27. The molecule has 0 spiro atoms. The number of carbonyl (C=O) groups excluding carboxylic acids is 2. The Kier molecular flexibility index (Phi) is 8.10. The first-order chi connectivity index (χ1) is 12.9. The zero-order valence-corrected chi connectivity index (χ0v) is 16.9. The number of amides is 2. The summed E-state index contributed by atoms with van der Waals surface area (Å²) in [5.74, 6) is 1.15. The number of para-hydroxylation sites is 1. The van der Waals surface area contributed by atoms with Gasteiger partial charge in [0.05, 0.1) is 13.0 Å². The van der Waals surface area contributed by atoms with E-state index in [1.807, 2.05) is 34.1 Å². The van der Waals surface area contributed by atoms with Crippen molar-refractivity contribution in [3.05, 3.63) is 29.8 Å². The molecule has 0 aromatic heterocycles. The third kappa shape index (κ3) is 5.96. The third-order valence-corrected chi connectivity index (χ3v) is 4.87. The fraction of sp³-hybridized carbons (Fsp3) is 0.619. The Labute approximate surface area is 162 Å². The molecule has 1 aromatic rings. The Balaban J connectivity index is 1.94. The summed E-state index contributed by atoms with van der Waals surface area (Å²) in [5.41, 5.74) is 1.10. The van der Waals surface area contributed by atoms with E-state index >= 15 is 0 Å². The summed E-state index contributed by atoms with van der Waals surface area (Å²) in [5, 5.41) is 0. The Bertz CT molecular complexity index is 632. The smallest absolute Gasteiger partial charge is 0.263 e. The molecule has 150 valence electrons. The molecule has 6 heteroatoms. The quantitative estimate of drug-likeness (QED) is 0.734. The molecule has 27 heavy (non-hydrogen) atoms. The number of methoxy groups -OCH3 is 1. The Hall–Kier alpha value is -2.08. The van der Waals surface area contributed by atoms with E-state index in [2.05, 4.69) is 13.8 Å². The van der Waals surface area contributed by atoms with E-state index < -0.39 is 6.10 Å². The fourth-order valence-corrected chi connectivity index (χ4v) is 3.30. The number of ether oxygens (including phenoxy) is 2. The summed E-state index contributed by atoms with van der Waals surface area (Å²) < 4.78 is 11.0. The molecule has 6 nitrogen and oxygen atoms in total. The number of nitrogens with zero attached hydrogens (tertiary/aromatic N) is 2. The predicted octanol–water partition coefficient (Wildman–Crippen LogP) is 2.67. The van der Waals surface area contributed by atoms with E-state index in [4.69, 9.17) is 9.47 Å². The van der Waals surface area contributed by atoms with Crippen LogP contribution in [0.3, 0.4) is 0 Å². The average Bonchev–Trinajstić information content (AvgIpc) is 2.92. The number of hydrogen-bond acceptors (Lipinski definition) is 4. The zero-order chi connectivity index (χ0) is 19.8. The molecule has 0 radical (unpaired) electrons. The lowest BCUT2D eigenvalue weighted by atomic mass is 10.0. The highest BCUT2D eigenvalue weighted by atomic mass is 16.5. The van der Waals surface area contributed by atoms with Crippen LogP contribution in [0.25, 0.3) is 0 Å². The fourth-order valence-electron chi connectivity index (χ4n) is 3.30. The van der Waals surface area contributed by atoms with Crippen LogP contribution in [0.15, 0.2) is 24.3 Å². The van der Waals surface area contributed by atoms with Crippen molar-refractivity contribution in [3.8, 4) is 5.75 Å². The van der Waals surface area contributed by atoms with Crippen LogP contribution in [0, 0.1) is 0 Å². The minimum Gasteiger partial charge on any atom is -0.481 e. The lowest BCUT2D eigenvalue weighted by molar-refractivity contribution is -0.138. The van der Waals surface area contributed by atoms with Crippen LogP contribution in [0.1, 0.15) is 45.1 Å². The van der Waals surface area contributed by atoms with Gasteiger partial charge in [0, 0.05) is 33.3 Å². The van der Waals surface area contributed by atoms with Crippen molar-refractivity contribution < 1.29 is 19.1 Å². The standard InChI is InChI=1S/C21H32N2O4/c1-16(2)18-8-5-6-9-19(18)27-17(3)21(25)23-12-7-11-22(13-14-23)20(24)10-15-26-4/h5-6,8-9,16-17H,7,10-15H2,1-4H3. The molecule has 0 bridgehead atoms. The maximum absolute atomic E-state index is 12.9. The van der Waals surface area contributed by atoms with E-state index in [0.29, 0.717) is 45.1 Å². The number of carbonyl (C=O) groups is 2. The van der Waals surface area contributed by atoms with Gasteiger partial charge in [-0.25, -0.2) is 0 Å². The molecule has 1 aromatic carbocycles. The number of benzene rings is 1. The zero-order valence-electron chi connectivity index (χ0n) is 16.9. The predicted molar refractivity (Wildman–Crippen MR) is 105 cm³/mol. The molecule has 1 atom stereocenters. The minimum atomic E-state index is -0.555. The van der Waals surface area contributed by atoms with Crippen LogP contribution < -0.4 is 4.74 Å². The van der Waals surface area contributed by atoms with E-state index in [1.54, 1.807) is 14.0 Å². The van der Waals surface area contributed by atoms with Gasteiger partial charge in [-0.05, 0) is 30.9 Å². The lowest BCUT2D eigenvalue weighted by Crippen LogP contribution is -2.43. The van der Waals surface area contributed by atoms with Gasteiger partial charge in [0.15, 0.2) is 6.10 Å². The molecule has 2 rings (SSSR count). The highest BCUT2D eigenvalue weighted by Gasteiger charge is 2.26. The summed E-state index contributed by atoms with van der Waals surface area (Å²) >= 11 is 0. The Morgan fingerprint density at radius 2 is 1.70 bits per heavy atom. The van der Waals surface area contributed by atoms with Crippen LogP contribution in [0.5, 0.6) is 5.75 Å². The largest absolute Gasteiger partial charge is 0.481 e. The van der Waals surface area contributed by atoms with Crippen molar-refractivity contribution in [3.63, 3.8) is 0 Å². The van der Waals surface area contributed by atoms with Crippen molar-refractivity contribution >= 4 is 11.8 Å². The molecule has 0 saturated carbocycles. The average molecular weight is 376 g/mol. The van der Waals surface area contributed by atoms with E-state index in [-0.39, 0.29) is 11.8 Å². The molecule has 1 unspecified atom stereocenters. The monoisotopic (exact) mass is 376 g/mol. The third-order valence-electron chi connectivity index (χ3n) is 4.87. The topological polar surface area (TPSA) is 59.1 Å². The second kappa shape index (κ2) is 10.3. The Morgan fingerprint density at radius 1 is 1.04 bits per heavy atom. The first-order valence-electron chi connectivity index (χ1n) is 9.75. The summed E-state index contributed by atoms with van der Waals surface area (Å²) in [4.78, 5) is 28.7. The molecule has 2 amide bonds. The lowest BCUT2D eigenvalue weighted by Gasteiger charge is -2.26. The Morgan fingerprint density at radius 3 is 2.41 bits per heavy atom. The molecule has 0 N–H and O–H groups in total. The van der Waals surface area contributed by atoms with Gasteiger partial charge in [-0.2, -0.15) is 0 Å². The minimum absolute atomic E-state index is 0.0280. The molecule has 1 fully saturated rings. The van der Waals surface area contributed by atoms with Gasteiger partial charge in [0.2, 0.25) is 5.91 Å². The normalized spacial score (nSPS) is 16.2. The summed E-state index contributed by atoms with van der Waals surface area (Å²) in [6, 6.07) is 7.86. The van der Waals surface area contributed by atoms with Gasteiger partial charge in [-0.15, -0.1) is 0 Å². The van der Waals surface area contributed by atoms with Crippen LogP contribution in [0.2, 0.25) is 0 Å². The highest BCUT2D eigenvalue weighted by molar-refractivity contribution is 5.81. The van der Waals surface area contributed by atoms with Gasteiger partial charge in [-0.1, -0.05) is 32.0 Å². The van der Waals surface area contributed by atoms with Crippen molar-refractivity contribution in [2.75, 3.05) is 39.9 Å². The second-order valence-electron chi connectivity index (χ2n) is 7.26. The van der Waals surface area contributed by atoms with Gasteiger partial charge < -0.3 is 19.3 Å². The molecule has 1 saturated heterocycles. The summed E-state index contributed by atoms with van der Waals surface area (Å²) in [7, 11) is 1.59. The van der Waals surface area contributed by atoms with Crippen LogP contribution in [-0.2, 0) is 14.3 Å². The van der Waals surface area contributed by atoms with Gasteiger partial charge in [0.25, 0.3) is 5.91 Å². The molecule has 1 aliphatic heterocycles. The number of hydrogen-bond donors (Lipinski definition) is 0. The van der Waals surface area contributed by atoms with E-state index in [9.17, 15) is 9.59 Å². The van der Waals surface area contributed by atoms with Crippen LogP contribution in [-0.4, -0.2) is 67.6 Å². The van der Waals surface area contributed by atoms with Crippen molar-refractivity contribution in [1.29, 1.82) is 0 Å². The van der Waals surface area contributed by atoms with E-state index in [0.717, 1.165) is 17.7 Å². The van der Waals surface area contributed by atoms with Gasteiger partial charge in [0.1, 0.15) is 5.75 Å². The van der Waals surface area contributed by atoms with Gasteiger partial charge in [-0.3, -0.25) is 9.59 Å². The number of rotatable bonds is 7. The SMILES string of the molecule is COCCC(=O)N1CCCN(C(=O)C(C)Oc2ccccc2C(C)C)CC1. The first-order valence-corrected chi connectivity index (χ1v) is 9.75. The van der Waals surface area contributed by atoms with Crippen molar-refractivity contribution in [2.24, 2.45) is 0 Å². The second-order valence-corrected chi connectivity index (χ2v) is 7.26. The molecular formula is C21H32N2O4. The molecule has 1 aliphatic rings. The van der Waals surface area contributed by atoms with E-state index in [1.165, 1.54) is 0 Å². The van der Waals surface area contributed by atoms with Crippen LogP contribution >= 0.6 is 0 Å². The maximum atomic E-state index is 12.9. The van der Waals surface area contributed by atoms with Crippen molar-refractivity contribution in [2.45, 2.75) is 45.6 Å². The molecular weight excluding hydrogens is 344 g/mol. The molecule has 1 heterocycles. The maximum Gasteiger partial charge on any atom is 0.263 e. The first kappa shape index (κ1) is 21.2. The van der Waals surface area contributed by atoms with Crippen molar-refractivity contribution in [1.82, 2.24) is 9.80 Å². The van der Waals surface area contributed by atoms with Gasteiger partial charge >= 0.3 is 0 Å².